The molecule has 1 aliphatic heterocycles. The minimum Gasteiger partial charge on any atom is -0.480 e. The molecule has 1 aliphatic rings. The first-order chi connectivity index (χ1) is 12.5. The van der Waals surface area contributed by atoms with Crippen molar-refractivity contribution in [3.63, 3.8) is 0 Å². The van der Waals surface area contributed by atoms with Crippen molar-refractivity contribution < 1.29 is 14.7 Å². The number of rotatable bonds is 6. The van der Waals surface area contributed by atoms with Crippen molar-refractivity contribution in [2.45, 2.75) is 12.5 Å². The zero-order valence-corrected chi connectivity index (χ0v) is 16.2. The summed E-state index contributed by atoms with van der Waals surface area (Å²) in [5.41, 5.74) is 2.27. The van der Waals surface area contributed by atoms with Crippen molar-refractivity contribution in [2.75, 3.05) is 12.0 Å². The number of carboxylic acid groups (broad SMARTS) is 1. The van der Waals surface area contributed by atoms with Gasteiger partial charge in [-0.1, -0.05) is 30.0 Å². The zero-order valence-electron chi connectivity index (χ0n) is 13.8. The molecule has 1 unspecified atom stereocenters. The van der Waals surface area contributed by atoms with Crippen LogP contribution in [0.3, 0.4) is 0 Å². The van der Waals surface area contributed by atoms with Crippen LogP contribution in [-0.2, 0) is 9.59 Å². The van der Waals surface area contributed by atoms with Crippen LogP contribution in [0.4, 0.5) is 0 Å². The Morgan fingerprint density at radius 1 is 1.38 bits per heavy atom. The number of fused-ring (bicyclic) bond motifs is 1. The van der Waals surface area contributed by atoms with Crippen molar-refractivity contribution >= 4 is 69.0 Å². The van der Waals surface area contributed by atoms with Gasteiger partial charge in [0.2, 0.25) is 0 Å². The molecule has 1 atom stereocenters. The topological polar surface area (TPSA) is 83.4 Å². The number of carbonyl (C=O) groups is 2. The molecule has 0 radical (unpaired) electrons. The number of nitrogens with zero attached hydrogens (tertiary/aromatic N) is 3. The number of thioether (sulfide) groups is 2. The van der Waals surface area contributed by atoms with Crippen LogP contribution in [-0.4, -0.2) is 54.2 Å². The van der Waals surface area contributed by atoms with Crippen molar-refractivity contribution in [2.24, 2.45) is 0 Å². The van der Waals surface area contributed by atoms with Gasteiger partial charge in [0.05, 0.1) is 15.9 Å². The maximum atomic E-state index is 12.7. The third-order valence-electron chi connectivity index (χ3n) is 3.81. The zero-order chi connectivity index (χ0) is 18.7. The molecule has 1 amide bonds. The second-order valence-electron chi connectivity index (χ2n) is 5.49. The number of carbonyl (C=O) groups excluding carboxylic acids is 1. The van der Waals surface area contributed by atoms with Gasteiger partial charge in [0.1, 0.15) is 10.4 Å². The fourth-order valence-corrected chi connectivity index (χ4v) is 4.38. The highest BCUT2D eigenvalue weighted by molar-refractivity contribution is 8.26. The highest BCUT2D eigenvalue weighted by Crippen LogP contribution is 2.35. The predicted octanol–water partition coefficient (Wildman–Crippen LogP) is 3.04. The molecular formula is C17H15N3O3S3. The summed E-state index contributed by atoms with van der Waals surface area (Å²) in [5, 5.41) is 9.48. The number of benzene rings is 1. The van der Waals surface area contributed by atoms with Gasteiger partial charge in [0, 0.05) is 12.4 Å². The number of hydrogen-bond acceptors (Lipinski definition) is 7. The molecule has 1 aromatic heterocycles. The molecule has 1 aromatic carbocycles. The molecule has 0 spiro atoms. The fraction of sp³-hybridized carbons (Fsp3) is 0.235. The average Bonchev–Trinajstić information content (AvgIpc) is 2.89. The molecule has 2 heterocycles. The summed E-state index contributed by atoms with van der Waals surface area (Å²) in [6.45, 7) is 0. The smallest absolute Gasteiger partial charge is 0.326 e. The monoisotopic (exact) mass is 405 g/mol. The first kappa shape index (κ1) is 18.8. The quantitative estimate of drug-likeness (QED) is 0.580. The van der Waals surface area contributed by atoms with E-state index in [-0.39, 0.29) is 10.2 Å². The Balaban J connectivity index is 1.89. The summed E-state index contributed by atoms with van der Waals surface area (Å²) in [4.78, 5) is 34.4. The van der Waals surface area contributed by atoms with E-state index in [1.807, 2.05) is 24.5 Å². The maximum Gasteiger partial charge on any atom is 0.326 e. The van der Waals surface area contributed by atoms with Crippen LogP contribution >= 0.6 is 35.7 Å². The van der Waals surface area contributed by atoms with Gasteiger partial charge < -0.3 is 5.11 Å². The van der Waals surface area contributed by atoms with Gasteiger partial charge in [-0.3, -0.25) is 19.7 Å². The Morgan fingerprint density at radius 3 is 2.81 bits per heavy atom. The lowest BCUT2D eigenvalue weighted by molar-refractivity contribution is -0.145. The molecule has 9 heteroatoms. The normalized spacial score (nSPS) is 17.3. The summed E-state index contributed by atoms with van der Waals surface area (Å²) >= 11 is 7.93. The molecule has 2 aromatic rings. The standard InChI is InChI=1S/C17H15N3O3S3/c1-25-7-4-13(16(22)23)20-15(21)14(26-17(20)24)9-10-2-3-11-12(8-10)19-6-5-18-11/h2-3,5-6,8-9,13H,4,7H2,1H3,(H,22,23)/b14-9-. The van der Waals surface area contributed by atoms with Crippen LogP contribution < -0.4 is 0 Å². The van der Waals surface area contributed by atoms with E-state index in [0.717, 1.165) is 28.4 Å². The third-order valence-corrected chi connectivity index (χ3v) is 5.78. The van der Waals surface area contributed by atoms with Crippen LogP contribution in [0.25, 0.3) is 17.1 Å². The summed E-state index contributed by atoms with van der Waals surface area (Å²) < 4.78 is 0.273. The summed E-state index contributed by atoms with van der Waals surface area (Å²) in [5.74, 6) is -0.776. The molecular weight excluding hydrogens is 390 g/mol. The van der Waals surface area contributed by atoms with Gasteiger partial charge in [-0.2, -0.15) is 11.8 Å². The largest absolute Gasteiger partial charge is 0.480 e. The van der Waals surface area contributed by atoms with Crippen LogP contribution in [0, 0.1) is 0 Å². The number of thiocarbonyl (C=S) groups is 1. The van der Waals surface area contributed by atoms with Crippen LogP contribution in [0.1, 0.15) is 12.0 Å². The lowest BCUT2D eigenvalue weighted by Gasteiger charge is -2.22. The summed E-state index contributed by atoms with van der Waals surface area (Å²) in [6.07, 6.45) is 7.18. The van der Waals surface area contributed by atoms with Crippen LogP contribution in [0.2, 0.25) is 0 Å². The van der Waals surface area contributed by atoms with Crippen molar-refractivity contribution in [1.29, 1.82) is 0 Å². The van der Waals surface area contributed by atoms with E-state index in [0.29, 0.717) is 17.1 Å². The molecule has 1 saturated heterocycles. The molecule has 6 nitrogen and oxygen atoms in total. The minimum absolute atomic E-state index is 0.273. The SMILES string of the molecule is CSCCC(C(=O)O)N1C(=O)/C(=C/c2ccc3nccnc3c2)SC1=S. The van der Waals surface area contributed by atoms with E-state index in [9.17, 15) is 14.7 Å². The first-order valence-electron chi connectivity index (χ1n) is 7.71. The molecule has 3 rings (SSSR count). The highest BCUT2D eigenvalue weighted by Gasteiger charge is 2.40. The van der Waals surface area contributed by atoms with Gasteiger partial charge in [-0.25, -0.2) is 4.79 Å². The second-order valence-corrected chi connectivity index (χ2v) is 8.15. The van der Waals surface area contributed by atoms with Crippen LogP contribution in [0.5, 0.6) is 0 Å². The molecule has 134 valence electrons. The van der Waals surface area contributed by atoms with E-state index >= 15 is 0 Å². The lowest BCUT2D eigenvalue weighted by atomic mass is 10.1. The van der Waals surface area contributed by atoms with E-state index in [1.54, 1.807) is 18.5 Å². The lowest BCUT2D eigenvalue weighted by Crippen LogP contribution is -2.44. The first-order valence-corrected chi connectivity index (χ1v) is 10.3. The Kier molecular flexibility index (Phi) is 5.90. The molecule has 0 aliphatic carbocycles. The Labute approximate surface area is 164 Å². The number of amides is 1. The van der Waals surface area contributed by atoms with Gasteiger partial charge in [0.25, 0.3) is 5.91 Å². The summed E-state index contributed by atoms with van der Waals surface area (Å²) in [7, 11) is 0. The highest BCUT2D eigenvalue weighted by atomic mass is 32.2. The minimum atomic E-state index is -1.04. The fourth-order valence-electron chi connectivity index (χ4n) is 2.56. The average molecular weight is 406 g/mol. The van der Waals surface area contributed by atoms with E-state index in [1.165, 1.54) is 16.7 Å². The van der Waals surface area contributed by atoms with Crippen LogP contribution in [0.15, 0.2) is 35.5 Å². The third kappa shape index (κ3) is 3.89. The number of carboxylic acids is 1. The Bertz CT molecular complexity index is 916. The molecule has 0 bridgehead atoms. The van der Waals surface area contributed by atoms with Crippen molar-refractivity contribution in [3.05, 3.63) is 41.1 Å². The van der Waals surface area contributed by atoms with Gasteiger partial charge >= 0.3 is 5.97 Å². The number of aliphatic carboxylic acids is 1. The predicted molar refractivity (Wildman–Crippen MR) is 109 cm³/mol. The second kappa shape index (κ2) is 8.15. The van der Waals surface area contributed by atoms with E-state index in [4.69, 9.17) is 12.2 Å². The molecule has 1 N–H and O–H groups in total. The Hall–Kier alpha value is -1.97. The van der Waals surface area contributed by atoms with E-state index < -0.39 is 12.0 Å². The summed E-state index contributed by atoms with van der Waals surface area (Å²) in [6, 6.07) is 4.56. The molecule has 0 saturated carbocycles. The van der Waals surface area contributed by atoms with Gasteiger partial charge in [0.15, 0.2) is 0 Å². The Morgan fingerprint density at radius 2 is 2.12 bits per heavy atom. The number of hydrogen-bond donors (Lipinski definition) is 1. The van der Waals surface area contributed by atoms with Gasteiger partial charge in [-0.15, -0.1) is 0 Å². The molecule has 26 heavy (non-hydrogen) atoms. The maximum absolute atomic E-state index is 12.7. The molecule has 1 fully saturated rings. The van der Waals surface area contributed by atoms with Gasteiger partial charge in [-0.05, 0) is 42.2 Å². The van der Waals surface area contributed by atoms with E-state index in [2.05, 4.69) is 9.97 Å². The van der Waals surface area contributed by atoms with Crippen molar-refractivity contribution in [3.8, 4) is 0 Å². The number of aromatic nitrogens is 2. The van der Waals surface area contributed by atoms with Crippen molar-refractivity contribution in [1.82, 2.24) is 14.9 Å².